The molecule has 0 spiro atoms. The summed E-state index contributed by atoms with van der Waals surface area (Å²) in [4.78, 5) is 2.37. The second-order valence-electron chi connectivity index (χ2n) is 11.4. The quantitative estimate of drug-likeness (QED) is 0.179. The molecular weight excluding hydrogens is 542 g/mol. The number of fused-ring (bicyclic) bond motifs is 3. The Balaban J connectivity index is 1.30. The van der Waals surface area contributed by atoms with E-state index in [2.05, 4.69) is 193 Å². The van der Waals surface area contributed by atoms with Gasteiger partial charge in [-0.1, -0.05) is 146 Å². The van der Waals surface area contributed by atoms with E-state index in [1.54, 1.807) is 0 Å². The van der Waals surface area contributed by atoms with Crippen LogP contribution in [-0.4, -0.2) is 0 Å². The molecule has 0 atom stereocenters. The van der Waals surface area contributed by atoms with Crippen LogP contribution in [0, 0.1) is 0 Å². The van der Waals surface area contributed by atoms with Gasteiger partial charge in [0.1, 0.15) is 0 Å². The molecule has 1 nitrogen and oxygen atoms in total. The third kappa shape index (κ3) is 5.15. The highest BCUT2D eigenvalue weighted by Gasteiger charge is 2.16. The molecule has 0 heterocycles. The molecule has 212 valence electrons. The molecule has 0 aromatic heterocycles. The van der Waals surface area contributed by atoms with Gasteiger partial charge in [-0.2, -0.15) is 0 Å². The molecule has 45 heavy (non-hydrogen) atoms. The monoisotopic (exact) mass is 573 g/mol. The normalized spacial score (nSPS) is 11.1. The lowest BCUT2D eigenvalue weighted by Gasteiger charge is -2.27. The number of benzene rings is 8. The van der Waals surface area contributed by atoms with E-state index in [4.69, 9.17) is 0 Å². The molecule has 8 aromatic carbocycles. The van der Waals surface area contributed by atoms with Gasteiger partial charge in [0.25, 0.3) is 0 Å². The van der Waals surface area contributed by atoms with Crippen molar-refractivity contribution >= 4 is 38.6 Å². The first-order valence-electron chi connectivity index (χ1n) is 15.4. The summed E-state index contributed by atoms with van der Waals surface area (Å²) in [5.74, 6) is 0. The molecule has 0 N–H and O–H groups in total. The molecule has 0 radical (unpaired) electrons. The van der Waals surface area contributed by atoms with E-state index in [9.17, 15) is 0 Å². The molecule has 0 saturated carbocycles. The van der Waals surface area contributed by atoms with Crippen LogP contribution in [0.4, 0.5) is 17.1 Å². The summed E-state index contributed by atoms with van der Waals surface area (Å²) in [5, 5.41) is 5.00. The Hall–Kier alpha value is -5.92. The minimum Gasteiger partial charge on any atom is -0.310 e. The fourth-order valence-corrected chi connectivity index (χ4v) is 6.40. The van der Waals surface area contributed by atoms with Crippen molar-refractivity contribution in [2.45, 2.75) is 0 Å². The van der Waals surface area contributed by atoms with Crippen LogP contribution in [-0.2, 0) is 0 Å². The summed E-state index contributed by atoms with van der Waals surface area (Å²) in [6, 6.07) is 67.6. The molecule has 0 saturated heterocycles. The summed E-state index contributed by atoms with van der Waals surface area (Å²) in [6.45, 7) is 0. The Labute approximate surface area is 264 Å². The Morgan fingerprint density at radius 1 is 0.267 bits per heavy atom. The molecular formula is C44H31N. The highest BCUT2D eigenvalue weighted by Crippen LogP contribution is 2.41. The predicted molar refractivity (Wildman–Crippen MR) is 192 cm³/mol. The summed E-state index contributed by atoms with van der Waals surface area (Å²) >= 11 is 0. The molecule has 0 aliphatic heterocycles. The Kier molecular flexibility index (Phi) is 6.90. The Bertz CT molecular complexity index is 2140. The minimum atomic E-state index is 1.12. The fraction of sp³-hybridized carbons (Fsp3) is 0. The molecule has 8 aromatic rings. The van der Waals surface area contributed by atoms with Crippen LogP contribution in [0.1, 0.15) is 0 Å². The third-order valence-corrected chi connectivity index (χ3v) is 8.65. The van der Waals surface area contributed by atoms with Crippen molar-refractivity contribution in [1.82, 2.24) is 0 Å². The highest BCUT2D eigenvalue weighted by atomic mass is 15.1. The van der Waals surface area contributed by atoms with E-state index in [1.165, 1.54) is 54.9 Å². The standard InChI is InChI=1S/C44H31N/c1-4-12-32(13-5-1)34-20-24-38(25-21-34)45(39-26-22-35(23-27-39)33-14-6-2-7-15-33)40-28-29-42-43(36-16-8-3-9-17-36)30-37-18-10-11-19-41(37)44(42)31-40/h1-31H. The van der Waals surface area contributed by atoms with Crippen LogP contribution in [0.3, 0.4) is 0 Å². The lowest BCUT2D eigenvalue weighted by molar-refractivity contribution is 1.29. The SMILES string of the molecule is c1ccc(-c2ccc(N(c3ccc(-c4ccccc4)cc3)c3ccc4c(-c5ccccc5)cc5ccccc5c4c3)cc2)cc1. The van der Waals surface area contributed by atoms with Gasteiger partial charge in [-0.05, 0) is 97.4 Å². The van der Waals surface area contributed by atoms with Crippen molar-refractivity contribution < 1.29 is 0 Å². The first-order valence-corrected chi connectivity index (χ1v) is 15.4. The molecule has 0 unspecified atom stereocenters. The van der Waals surface area contributed by atoms with Gasteiger partial charge >= 0.3 is 0 Å². The molecule has 1 heteroatoms. The topological polar surface area (TPSA) is 3.24 Å². The van der Waals surface area contributed by atoms with Crippen molar-refractivity contribution in [2.75, 3.05) is 4.90 Å². The average molecular weight is 574 g/mol. The van der Waals surface area contributed by atoms with E-state index in [1.807, 2.05) is 0 Å². The largest absolute Gasteiger partial charge is 0.310 e. The number of hydrogen-bond donors (Lipinski definition) is 0. The van der Waals surface area contributed by atoms with E-state index >= 15 is 0 Å². The lowest BCUT2D eigenvalue weighted by Crippen LogP contribution is -2.10. The summed E-state index contributed by atoms with van der Waals surface area (Å²) < 4.78 is 0. The maximum Gasteiger partial charge on any atom is 0.0468 e. The first-order chi connectivity index (χ1) is 22.3. The summed E-state index contributed by atoms with van der Waals surface area (Å²) in [5.41, 5.74) is 10.7. The predicted octanol–water partition coefficient (Wildman–Crippen LogP) is 12.5. The fourth-order valence-electron chi connectivity index (χ4n) is 6.40. The van der Waals surface area contributed by atoms with E-state index in [0.717, 1.165) is 17.1 Å². The van der Waals surface area contributed by atoms with Gasteiger partial charge in [-0.15, -0.1) is 0 Å². The highest BCUT2D eigenvalue weighted by molar-refractivity contribution is 6.15. The van der Waals surface area contributed by atoms with Gasteiger partial charge < -0.3 is 4.90 Å². The smallest absolute Gasteiger partial charge is 0.0468 e. The van der Waals surface area contributed by atoms with Gasteiger partial charge in [0.2, 0.25) is 0 Å². The molecule has 0 bridgehead atoms. The third-order valence-electron chi connectivity index (χ3n) is 8.65. The van der Waals surface area contributed by atoms with Crippen LogP contribution in [0.2, 0.25) is 0 Å². The Morgan fingerprint density at radius 3 is 1.27 bits per heavy atom. The number of hydrogen-bond acceptors (Lipinski definition) is 1. The van der Waals surface area contributed by atoms with E-state index in [0.29, 0.717) is 0 Å². The molecule has 8 rings (SSSR count). The maximum absolute atomic E-state index is 2.37. The van der Waals surface area contributed by atoms with Crippen molar-refractivity contribution in [2.24, 2.45) is 0 Å². The minimum absolute atomic E-state index is 1.12. The molecule has 0 amide bonds. The van der Waals surface area contributed by atoms with Gasteiger partial charge in [-0.3, -0.25) is 0 Å². The van der Waals surface area contributed by atoms with Crippen molar-refractivity contribution in [3.8, 4) is 33.4 Å². The van der Waals surface area contributed by atoms with Crippen molar-refractivity contribution in [1.29, 1.82) is 0 Å². The second kappa shape index (κ2) is 11.6. The van der Waals surface area contributed by atoms with Crippen LogP contribution in [0.15, 0.2) is 188 Å². The molecule has 0 fully saturated rings. The summed E-state index contributed by atoms with van der Waals surface area (Å²) in [6.07, 6.45) is 0. The zero-order valence-electron chi connectivity index (χ0n) is 24.8. The van der Waals surface area contributed by atoms with Crippen molar-refractivity contribution in [3.05, 3.63) is 188 Å². The van der Waals surface area contributed by atoms with Gasteiger partial charge in [0.05, 0.1) is 0 Å². The summed E-state index contributed by atoms with van der Waals surface area (Å²) in [7, 11) is 0. The van der Waals surface area contributed by atoms with Crippen LogP contribution >= 0.6 is 0 Å². The van der Waals surface area contributed by atoms with Crippen LogP contribution < -0.4 is 4.90 Å². The maximum atomic E-state index is 2.37. The average Bonchev–Trinajstić information content (AvgIpc) is 3.13. The first kappa shape index (κ1) is 26.7. The number of rotatable bonds is 6. The molecule has 0 aliphatic rings. The Morgan fingerprint density at radius 2 is 0.711 bits per heavy atom. The number of nitrogens with zero attached hydrogens (tertiary/aromatic N) is 1. The second-order valence-corrected chi connectivity index (χ2v) is 11.4. The van der Waals surface area contributed by atoms with Crippen molar-refractivity contribution in [3.63, 3.8) is 0 Å². The zero-order valence-corrected chi connectivity index (χ0v) is 24.8. The molecule has 0 aliphatic carbocycles. The zero-order chi connectivity index (χ0) is 30.0. The van der Waals surface area contributed by atoms with Gasteiger partial charge in [0.15, 0.2) is 0 Å². The lowest BCUT2D eigenvalue weighted by atomic mass is 9.93. The van der Waals surface area contributed by atoms with Crippen LogP contribution in [0.5, 0.6) is 0 Å². The number of anilines is 3. The van der Waals surface area contributed by atoms with E-state index < -0.39 is 0 Å². The van der Waals surface area contributed by atoms with Gasteiger partial charge in [0, 0.05) is 17.1 Å². The van der Waals surface area contributed by atoms with Gasteiger partial charge in [-0.25, -0.2) is 0 Å². The van der Waals surface area contributed by atoms with E-state index in [-0.39, 0.29) is 0 Å². The van der Waals surface area contributed by atoms with Crippen LogP contribution in [0.25, 0.3) is 54.9 Å².